The number of hydrogen-bond acceptors (Lipinski definition) is 3. The van der Waals surface area contributed by atoms with Crippen molar-refractivity contribution in [1.29, 1.82) is 0 Å². The Hall–Kier alpha value is -0.670. The fourth-order valence-electron chi connectivity index (χ4n) is 2.98. The van der Waals surface area contributed by atoms with E-state index in [0.717, 1.165) is 12.3 Å². The molecule has 0 amide bonds. The van der Waals surface area contributed by atoms with Gasteiger partial charge < -0.3 is 10.2 Å². The lowest BCUT2D eigenvalue weighted by Crippen LogP contribution is -2.47. The molecule has 21 heavy (non-hydrogen) atoms. The number of piperidine rings is 1. The number of likely N-dealkylation sites (tertiary alicyclic amines) is 1. The predicted octanol–water partition coefficient (Wildman–Crippen LogP) is 4.43. The summed E-state index contributed by atoms with van der Waals surface area (Å²) in [5.41, 5.74) is 2.90. The summed E-state index contributed by atoms with van der Waals surface area (Å²) in [6.07, 6.45) is 4.58. The smallest absolute Gasteiger partial charge is 0.0370 e. The second kappa shape index (κ2) is 7.55. The molecular formula is C18H29N2S. The van der Waals surface area contributed by atoms with Gasteiger partial charge in [-0.15, -0.1) is 0 Å². The molecular weight excluding hydrogens is 276 g/mol. The van der Waals surface area contributed by atoms with Gasteiger partial charge >= 0.3 is 0 Å². The Labute approximate surface area is 134 Å². The lowest BCUT2D eigenvalue weighted by Gasteiger charge is -2.41. The summed E-state index contributed by atoms with van der Waals surface area (Å²) in [6, 6.07) is 8.94. The SMILES string of the molecule is CSCc1ccc(NC2(C)CCN(C[C](C)C)CC2)cc1. The first kappa shape index (κ1) is 16.7. The Bertz CT molecular complexity index is 419. The van der Waals surface area contributed by atoms with Crippen LogP contribution in [-0.2, 0) is 5.75 Å². The highest BCUT2D eigenvalue weighted by Crippen LogP contribution is 2.27. The summed E-state index contributed by atoms with van der Waals surface area (Å²) in [5, 5.41) is 3.76. The summed E-state index contributed by atoms with van der Waals surface area (Å²) in [7, 11) is 0. The molecule has 0 spiro atoms. The lowest BCUT2D eigenvalue weighted by molar-refractivity contribution is 0.188. The molecule has 0 bridgehead atoms. The summed E-state index contributed by atoms with van der Waals surface area (Å²) in [6.45, 7) is 10.4. The molecule has 1 N–H and O–H groups in total. The summed E-state index contributed by atoms with van der Waals surface area (Å²) in [5.74, 6) is 2.61. The van der Waals surface area contributed by atoms with Crippen molar-refractivity contribution in [2.75, 3.05) is 31.2 Å². The van der Waals surface area contributed by atoms with E-state index in [9.17, 15) is 0 Å². The molecule has 1 saturated heterocycles. The first-order chi connectivity index (χ1) is 10.0. The van der Waals surface area contributed by atoms with Crippen LogP contribution in [0.1, 0.15) is 39.2 Å². The van der Waals surface area contributed by atoms with Gasteiger partial charge in [-0.05, 0) is 49.6 Å². The Morgan fingerprint density at radius 3 is 2.33 bits per heavy atom. The van der Waals surface area contributed by atoms with E-state index in [4.69, 9.17) is 0 Å². The molecule has 3 heteroatoms. The molecule has 0 saturated carbocycles. The van der Waals surface area contributed by atoms with Crippen LogP contribution in [0.25, 0.3) is 0 Å². The minimum Gasteiger partial charge on any atom is -0.380 e. The lowest BCUT2D eigenvalue weighted by atomic mass is 9.89. The van der Waals surface area contributed by atoms with Crippen molar-refractivity contribution in [2.45, 2.75) is 44.9 Å². The molecule has 1 heterocycles. The normalized spacial score (nSPS) is 18.9. The monoisotopic (exact) mass is 305 g/mol. The van der Waals surface area contributed by atoms with Crippen LogP contribution in [0.4, 0.5) is 5.69 Å². The Balaban J connectivity index is 1.87. The summed E-state index contributed by atoms with van der Waals surface area (Å²) in [4.78, 5) is 2.57. The average molecular weight is 306 g/mol. The number of benzene rings is 1. The quantitative estimate of drug-likeness (QED) is 0.837. The van der Waals surface area contributed by atoms with Crippen molar-refractivity contribution in [1.82, 2.24) is 4.90 Å². The molecule has 0 unspecified atom stereocenters. The Kier molecular flexibility index (Phi) is 6.00. The largest absolute Gasteiger partial charge is 0.380 e. The van der Waals surface area contributed by atoms with E-state index in [0.29, 0.717) is 0 Å². The van der Waals surface area contributed by atoms with E-state index in [1.165, 1.54) is 43.1 Å². The second-order valence-corrected chi connectivity index (χ2v) is 7.66. The van der Waals surface area contributed by atoms with Crippen LogP contribution in [0.2, 0.25) is 0 Å². The van der Waals surface area contributed by atoms with E-state index in [2.05, 4.69) is 61.5 Å². The molecule has 117 valence electrons. The van der Waals surface area contributed by atoms with Crippen LogP contribution in [-0.4, -0.2) is 36.3 Å². The molecule has 2 rings (SSSR count). The van der Waals surface area contributed by atoms with Gasteiger partial charge in [0.25, 0.3) is 0 Å². The Morgan fingerprint density at radius 2 is 1.81 bits per heavy atom. The molecule has 1 aromatic rings. The predicted molar refractivity (Wildman–Crippen MR) is 96.0 cm³/mol. The van der Waals surface area contributed by atoms with Crippen LogP contribution in [0.15, 0.2) is 24.3 Å². The fourth-order valence-corrected chi connectivity index (χ4v) is 3.50. The molecule has 1 aliphatic rings. The van der Waals surface area contributed by atoms with Crippen molar-refractivity contribution in [2.24, 2.45) is 0 Å². The van der Waals surface area contributed by atoms with Gasteiger partial charge in [-0.1, -0.05) is 26.0 Å². The van der Waals surface area contributed by atoms with Gasteiger partial charge in [-0.25, -0.2) is 0 Å². The van der Waals surface area contributed by atoms with E-state index in [-0.39, 0.29) is 5.54 Å². The molecule has 0 aromatic heterocycles. The molecule has 2 nitrogen and oxygen atoms in total. The standard InChI is InChI=1S/C18H29N2S/c1-15(2)13-20-11-9-18(3,10-12-20)19-17-7-5-16(6-8-17)14-21-4/h5-8,19H,9-14H2,1-4H3. The second-order valence-electron chi connectivity index (χ2n) is 6.80. The van der Waals surface area contributed by atoms with Gasteiger partial charge in [0.15, 0.2) is 0 Å². The van der Waals surface area contributed by atoms with Crippen molar-refractivity contribution in [3.63, 3.8) is 0 Å². The van der Waals surface area contributed by atoms with Crippen molar-refractivity contribution >= 4 is 17.4 Å². The fraction of sp³-hybridized carbons (Fsp3) is 0.611. The van der Waals surface area contributed by atoms with E-state index in [1.807, 2.05) is 11.8 Å². The molecule has 1 radical (unpaired) electrons. The van der Waals surface area contributed by atoms with E-state index < -0.39 is 0 Å². The first-order valence-corrected chi connectivity index (χ1v) is 9.28. The molecule has 1 aromatic carbocycles. The van der Waals surface area contributed by atoms with Crippen molar-refractivity contribution in [3.05, 3.63) is 35.7 Å². The van der Waals surface area contributed by atoms with Gasteiger partial charge in [-0.3, -0.25) is 0 Å². The third-order valence-electron chi connectivity index (χ3n) is 4.21. The zero-order valence-electron chi connectivity index (χ0n) is 13.9. The van der Waals surface area contributed by atoms with Crippen molar-refractivity contribution < 1.29 is 0 Å². The van der Waals surface area contributed by atoms with Crippen LogP contribution in [0.3, 0.4) is 0 Å². The third-order valence-corrected chi connectivity index (χ3v) is 4.83. The van der Waals surface area contributed by atoms with Crippen LogP contribution < -0.4 is 5.32 Å². The summed E-state index contributed by atoms with van der Waals surface area (Å²) < 4.78 is 0. The molecule has 1 aliphatic heterocycles. The van der Waals surface area contributed by atoms with Gasteiger partial charge in [0.1, 0.15) is 0 Å². The van der Waals surface area contributed by atoms with Gasteiger partial charge in [0.05, 0.1) is 0 Å². The van der Waals surface area contributed by atoms with Gasteiger partial charge in [0.2, 0.25) is 0 Å². The number of nitrogens with zero attached hydrogens (tertiary/aromatic N) is 1. The minimum absolute atomic E-state index is 0.235. The molecule has 0 aliphatic carbocycles. The molecule has 0 atom stereocenters. The highest BCUT2D eigenvalue weighted by molar-refractivity contribution is 7.97. The summed E-state index contributed by atoms with van der Waals surface area (Å²) >= 11 is 1.87. The number of nitrogens with one attached hydrogen (secondary N) is 1. The maximum Gasteiger partial charge on any atom is 0.0370 e. The number of anilines is 1. The van der Waals surface area contributed by atoms with Gasteiger partial charge in [0, 0.05) is 36.6 Å². The zero-order chi connectivity index (χ0) is 15.3. The number of thioether (sulfide) groups is 1. The maximum absolute atomic E-state index is 3.76. The van der Waals surface area contributed by atoms with Crippen molar-refractivity contribution in [3.8, 4) is 0 Å². The van der Waals surface area contributed by atoms with Crippen LogP contribution >= 0.6 is 11.8 Å². The molecule has 1 fully saturated rings. The van der Waals surface area contributed by atoms with Crippen LogP contribution in [0.5, 0.6) is 0 Å². The average Bonchev–Trinajstić information content (AvgIpc) is 2.44. The number of hydrogen-bond donors (Lipinski definition) is 1. The highest BCUT2D eigenvalue weighted by atomic mass is 32.2. The Morgan fingerprint density at radius 1 is 1.19 bits per heavy atom. The van der Waals surface area contributed by atoms with Crippen LogP contribution in [0, 0.1) is 5.92 Å². The van der Waals surface area contributed by atoms with E-state index >= 15 is 0 Å². The maximum atomic E-state index is 3.76. The zero-order valence-corrected chi connectivity index (χ0v) is 14.7. The highest BCUT2D eigenvalue weighted by Gasteiger charge is 2.29. The first-order valence-electron chi connectivity index (χ1n) is 7.88. The minimum atomic E-state index is 0.235. The van der Waals surface area contributed by atoms with E-state index in [1.54, 1.807) is 0 Å². The van der Waals surface area contributed by atoms with Gasteiger partial charge in [-0.2, -0.15) is 11.8 Å². The topological polar surface area (TPSA) is 15.3 Å². The third kappa shape index (κ3) is 5.23. The number of rotatable bonds is 6.